The van der Waals surface area contributed by atoms with Crippen molar-refractivity contribution in [2.45, 2.75) is 379 Å². The summed E-state index contributed by atoms with van der Waals surface area (Å²) < 4.78 is 126. The lowest BCUT2D eigenvalue weighted by atomic mass is 9.93. The molecule has 0 radical (unpaired) electrons. The molecule has 33 N–H and O–H groups in total. The van der Waals surface area contributed by atoms with Crippen LogP contribution in [-0.4, -0.2) is 569 Å². The van der Waals surface area contributed by atoms with E-state index >= 15 is 0 Å². The van der Waals surface area contributed by atoms with Gasteiger partial charge in [0.1, 0.15) is 256 Å². The molecule has 0 aromatic heterocycles. The van der Waals surface area contributed by atoms with E-state index in [4.69, 9.17) is 99.5 Å². The predicted octanol–water partition coefficient (Wildman–Crippen LogP) is -22.3. The van der Waals surface area contributed by atoms with Crippen LogP contribution in [0, 0.1) is 0 Å². The fourth-order valence-electron chi connectivity index (χ4n) is 17.2. The Balaban J connectivity index is 0.927. The van der Waals surface area contributed by atoms with E-state index in [0.29, 0.717) is 0 Å². The summed E-state index contributed by atoms with van der Waals surface area (Å²) in [4.78, 5) is 51.8. The number of carbonyl (C=O) groups is 4. The zero-order valence-electron chi connectivity index (χ0n) is 71.3. The molecule has 58 heteroatoms. The zero-order valence-corrected chi connectivity index (χ0v) is 71.3. The molecule has 0 spiro atoms. The average Bonchev–Trinajstić information content (AvgIpc) is 0.778. The maximum Gasteiger partial charge on any atom is 0.217 e. The van der Waals surface area contributed by atoms with Crippen LogP contribution in [0.1, 0.15) is 41.5 Å². The fraction of sp³-hybridized carbons (Fsp3) is 0.946. The Morgan fingerprint density at radius 2 is 0.485 bits per heavy atom. The fourth-order valence-corrected chi connectivity index (χ4v) is 17.2. The minimum absolute atomic E-state index is 0.854. The third-order valence-corrected chi connectivity index (χ3v) is 24.5. The first-order valence-corrected chi connectivity index (χ1v) is 42.4. The number of hydrogen-bond donors (Lipinski definition) is 33. The minimum Gasteiger partial charge on any atom is -0.394 e. The highest BCUT2D eigenvalue weighted by Crippen LogP contribution is 2.42. The lowest BCUT2D eigenvalue weighted by Gasteiger charge is -2.52. The molecule has 0 unspecified atom stereocenters. The van der Waals surface area contributed by atoms with E-state index in [2.05, 4.69) is 21.3 Å². The van der Waals surface area contributed by atoms with E-state index in [1.807, 2.05) is 0 Å². The number of amides is 4. The first-order chi connectivity index (χ1) is 62.4. The van der Waals surface area contributed by atoms with Crippen LogP contribution in [0.5, 0.6) is 0 Å². The quantitative estimate of drug-likeness (QED) is 0.0290. The lowest BCUT2D eigenvalue weighted by Crippen LogP contribution is -2.71. The Kier molecular flexibility index (Phi) is 38.5. The van der Waals surface area contributed by atoms with Crippen LogP contribution < -0.4 is 21.3 Å². The summed E-state index contributed by atoms with van der Waals surface area (Å²) in [5, 5.41) is 336. The van der Waals surface area contributed by atoms with Gasteiger partial charge in [-0.05, 0) is 13.8 Å². The van der Waals surface area contributed by atoms with E-state index in [1.54, 1.807) is 0 Å². The Morgan fingerprint density at radius 3 is 0.955 bits per heavy atom. The molecular weight excluding hydrogens is 1810 g/mol. The SMILES string of the molecule is CC(=O)N[C@@H]1[C@@H](O)[C@H](O[C@@H]2O[C@H](CO)[C@@H](O[C@@H]3O[C@H](CO[C@H]4O[C@H](CO)[C@@H](O)[C@H](O)[C@@H]4O[C@@H]4O[C@H](CO)[C@@H](O)[C@H](O)[C@H]4NC(C)=O)[C@@H](O)[C@H](O[C@H]4O[C@H](CO)[C@@H](O)[C@H](O)[C@@H]4O[C@@H]4O[C@H](CO)[C@@H](O[C@@H]5O[C@H](CO)[C@H](O)[C@H](O[C@H]6O[C@H](CO)[C@H](O)[C@H](O)[C@H]6O)[C@H]5O[C@@H]5O[C@@H](C)[C@@H](O)[C@@H](O)[C@@H]5O)[C@H](O)[C@H]4NC(C)=O)[C@@H]3O)[C@H](O)[C@H]2NC(C)=O)[C@@H](CO[C@@H]2O[C@@H](C)[C@@H](O)[C@@H](O)[C@@H]2O)O[C@H]1O. The van der Waals surface area contributed by atoms with Gasteiger partial charge in [0.15, 0.2) is 69.2 Å². The van der Waals surface area contributed by atoms with E-state index < -0.39 is 421 Å². The number of ether oxygens (including phenoxy) is 21. The Morgan fingerprint density at radius 1 is 0.212 bits per heavy atom. The largest absolute Gasteiger partial charge is 0.394 e. The molecule has 132 heavy (non-hydrogen) atoms. The van der Waals surface area contributed by atoms with Crippen LogP contribution in [0.2, 0.25) is 0 Å². The molecule has 11 saturated heterocycles. The second-order valence-electron chi connectivity index (χ2n) is 33.8. The van der Waals surface area contributed by atoms with Gasteiger partial charge in [-0.15, -0.1) is 0 Å². The third-order valence-electron chi connectivity index (χ3n) is 24.5. The van der Waals surface area contributed by atoms with Crippen molar-refractivity contribution >= 4 is 23.6 Å². The highest BCUT2D eigenvalue weighted by Gasteiger charge is 2.63. The second kappa shape index (κ2) is 47.0. The van der Waals surface area contributed by atoms with Crippen molar-refractivity contribution in [2.75, 3.05) is 59.5 Å². The van der Waals surface area contributed by atoms with Gasteiger partial charge in [0.05, 0.1) is 71.7 Å². The maximum absolute atomic E-state index is 13.4. The summed E-state index contributed by atoms with van der Waals surface area (Å²) in [5.74, 6) is -3.80. The van der Waals surface area contributed by atoms with Crippen molar-refractivity contribution in [2.24, 2.45) is 0 Å². The van der Waals surface area contributed by atoms with Crippen molar-refractivity contribution in [1.29, 1.82) is 0 Å². The first kappa shape index (κ1) is 108. The molecule has 11 fully saturated rings. The number of hydrogen-bond acceptors (Lipinski definition) is 54. The summed E-state index contributed by atoms with van der Waals surface area (Å²) in [7, 11) is 0. The highest BCUT2D eigenvalue weighted by molar-refractivity contribution is 5.74. The number of aliphatic hydroxyl groups is 29. The lowest BCUT2D eigenvalue weighted by molar-refractivity contribution is -0.408. The van der Waals surface area contributed by atoms with Crippen molar-refractivity contribution in [3.63, 3.8) is 0 Å². The third kappa shape index (κ3) is 23.7. The van der Waals surface area contributed by atoms with Gasteiger partial charge in [-0.25, -0.2) is 0 Å². The number of nitrogens with one attached hydrogen (secondary N) is 4. The van der Waals surface area contributed by atoms with E-state index in [0.717, 1.165) is 27.7 Å². The second-order valence-corrected chi connectivity index (χ2v) is 33.8. The zero-order chi connectivity index (χ0) is 97.1. The minimum atomic E-state index is -2.66. The molecule has 0 aromatic rings. The van der Waals surface area contributed by atoms with Gasteiger partial charge in [-0.1, -0.05) is 0 Å². The van der Waals surface area contributed by atoms with Gasteiger partial charge in [-0.2, -0.15) is 0 Å². The van der Waals surface area contributed by atoms with Crippen molar-refractivity contribution in [1.82, 2.24) is 21.3 Å². The molecule has 0 aliphatic carbocycles. The molecule has 55 atom stereocenters. The standard InChI is InChI=1S/C74H124N4O54/c1-16-35(90)47(102)52(107)68(114-16)112-15-30-58(44(99)31(64(111)116-30)75-18(3)86)125-66-33(77-20(5)88)45(100)56(27(12-84)122-66)126-71-55(110)59(42(97)29(124-71)14-113-72-61(50(105)39(94)24(9-81)119-72)130-65-32(76-19(4)87)43(98)37(92)22(7-79)117-65)128-73-62(51(106)40(95)25(10-82)120-73)131-67-34(78-21(6)89)46(101)57(28(13-85)123-67)127-74-63(132-69-53(108)48(103)36(91)17(2)115-69)60(41(96)26(11-83)121-74)129-70-54(109)49(104)38(93)23(8-80)118-70/h16-17,22-74,79-85,90-111H,7-15H2,1-6H3,(H,75,86)(H,76,87)(H,77,88)(H,78,89)/t16-,17-,22+,23+,24+,25+,26+,27+,28+,29+,30+,31+,32+,33+,34+,35+,36+,37+,38-,39+,40+,41-,42+,43+,44+,45+,46+,47+,48+,49-,50-,51-,52-,53-,54+,55-,56+,57+,58+,59-,60-,61-,62-,63+,64+,65-,66-,67-,68+,69-,70+,71-,72-,73+,74-/m0/s1. The molecule has 4 amide bonds. The van der Waals surface area contributed by atoms with Crippen LogP contribution in [0.3, 0.4) is 0 Å². The molecule has 0 aromatic carbocycles. The molecule has 11 rings (SSSR count). The molecule has 11 aliphatic heterocycles. The molecule has 764 valence electrons. The highest BCUT2D eigenvalue weighted by atomic mass is 16.8. The summed E-state index contributed by atoms with van der Waals surface area (Å²) >= 11 is 0. The van der Waals surface area contributed by atoms with Gasteiger partial charge in [0, 0.05) is 27.7 Å². The Hall–Kier alpha value is -4.12. The number of rotatable bonds is 33. The van der Waals surface area contributed by atoms with E-state index in [1.165, 1.54) is 13.8 Å². The van der Waals surface area contributed by atoms with Crippen molar-refractivity contribution in [3.8, 4) is 0 Å². The first-order valence-electron chi connectivity index (χ1n) is 42.4. The topological polar surface area (TPSA) is 897 Å². The van der Waals surface area contributed by atoms with Gasteiger partial charge in [-0.3, -0.25) is 19.2 Å². The normalized spacial score (nSPS) is 50.4. The van der Waals surface area contributed by atoms with Gasteiger partial charge < -0.3 is 269 Å². The summed E-state index contributed by atoms with van der Waals surface area (Å²) in [5.41, 5.74) is 0. The van der Waals surface area contributed by atoms with Crippen LogP contribution in [0.15, 0.2) is 0 Å². The Bertz CT molecular complexity index is 3610. The van der Waals surface area contributed by atoms with Crippen LogP contribution in [0.4, 0.5) is 0 Å². The molecule has 11 heterocycles. The molecular formula is C74H124N4O54. The van der Waals surface area contributed by atoms with Gasteiger partial charge >= 0.3 is 0 Å². The summed E-state index contributed by atoms with van der Waals surface area (Å²) in [6.07, 6.45) is -107. The Labute approximate surface area is 748 Å². The summed E-state index contributed by atoms with van der Waals surface area (Å²) in [6.45, 7) is -4.01. The molecule has 11 aliphatic rings. The number of aliphatic hydroxyl groups excluding tert-OH is 29. The van der Waals surface area contributed by atoms with Gasteiger partial charge in [0.2, 0.25) is 23.6 Å². The van der Waals surface area contributed by atoms with Crippen LogP contribution >= 0.6 is 0 Å². The predicted molar refractivity (Wildman–Crippen MR) is 406 cm³/mol. The number of carbonyl (C=O) groups excluding carboxylic acids is 4. The van der Waals surface area contributed by atoms with Crippen molar-refractivity contribution < 1.29 is 267 Å². The van der Waals surface area contributed by atoms with Crippen LogP contribution in [0.25, 0.3) is 0 Å². The summed E-state index contributed by atoms with van der Waals surface area (Å²) in [6, 6.07) is -7.75. The molecule has 58 nitrogen and oxygen atoms in total. The average molecular weight is 1930 g/mol. The van der Waals surface area contributed by atoms with E-state index in [9.17, 15) is 167 Å². The van der Waals surface area contributed by atoms with Gasteiger partial charge in [0.25, 0.3) is 0 Å². The molecule has 0 bridgehead atoms. The van der Waals surface area contributed by atoms with Crippen LogP contribution in [-0.2, 0) is 119 Å². The smallest absolute Gasteiger partial charge is 0.217 e. The van der Waals surface area contributed by atoms with E-state index in [-0.39, 0.29) is 0 Å². The molecule has 0 saturated carbocycles. The maximum atomic E-state index is 13.4. The monoisotopic (exact) mass is 1930 g/mol. The van der Waals surface area contributed by atoms with Crippen molar-refractivity contribution in [3.05, 3.63) is 0 Å².